The number of aliphatic hydroxyl groups excluding tert-OH is 1. The number of non-ortho nitro benzene ring substituents is 1. The number of hydrogen-bond acceptors (Lipinski definition) is 7. The highest BCUT2D eigenvalue weighted by molar-refractivity contribution is 5.52. The van der Waals surface area contributed by atoms with Gasteiger partial charge < -0.3 is 10.0 Å². The fourth-order valence-corrected chi connectivity index (χ4v) is 3.97. The number of nitrogens with zero attached hydrogens (tertiary/aromatic N) is 5. The van der Waals surface area contributed by atoms with Crippen molar-refractivity contribution < 1.29 is 10.0 Å². The van der Waals surface area contributed by atoms with Crippen LogP contribution in [0.2, 0.25) is 0 Å². The summed E-state index contributed by atoms with van der Waals surface area (Å²) in [7, 11) is 0. The van der Waals surface area contributed by atoms with Gasteiger partial charge in [0.05, 0.1) is 11.0 Å². The van der Waals surface area contributed by atoms with Crippen molar-refractivity contribution in [2.24, 2.45) is 0 Å². The van der Waals surface area contributed by atoms with Gasteiger partial charge in [0.15, 0.2) is 0 Å². The standard InChI is InChI=1S/C23H31N5O3/c1-4-5-6-21(29)16-26-11-13-27(14-12-26)23-22(17(2)24-18(3)25-23)15-19-7-9-20(10-8-19)28(30)31/h4,7-10,21,29H,1,5-6,11-16H2,2-3H3/t21-/m0/s1. The van der Waals surface area contributed by atoms with Crippen molar-refractivity contribution >= 4 is 11.5 Å². The van der Waals surface area contributed by atoms with E-state index in [-0.39, 0.29) is 16.7 Å². The molecule has 166 valence electrons. The summed E-state index contributed by atoms with van der Waals surface area (Å²) in [4.78, 5) is 24.4. The zero-order valence-corrected chi connectivity index (χ0v) is 18.3. The van der Waals surface area contributed by atoms with Crippen molar-refractivity contribution in [1.29, 1.82) is 0 Å². The third-order valence-corrected chi connectivity index (χ3v) is 5.68. The zero-order valence-electron chi connectivity index (χ0n) is 18.3. The summed E-state index contributed by atoms with van der Waals surface area (Å²) in [6.07, 6.45) is 3.71. The maximum absolute atomic E-state index is 10.9. The van der Waals surface area contributed by atoms with Crippen molar-refractivity contribution in [2.45, 2.75) is 39.2 Å². The lowest BCUT2D eigenvalue weighted by Crippen LogP contribution is -2.49. The van der Waals surface area contributed by atoms with Gasteiger partial charge in [0, 0.05) is 62.5 Å². The number of rotatable bonds is 9. The number of benzene rings is 1. The molecule has 0 bridgehead atoms. The Kier molecular flexibility index (Phi) is 7.70. The average molecular weight is 426 g/mol. The van der Waals surface area contributed by atoms with Crippen LogP contribution in [0.5, 0.6) is 0 Å². The van der Waals surface area contributed by atoms with E-state index in [0.717, 1.165) is 67.5 Å². The van der Waals surface area contributed by atoms with Crippen molar-refractivity contribution in [3.05, 3.63) is 69.7 Å². The summed E-state index contributed by atoms with van der Waals surface area (Å²) < 4.78 is 0. The van der Waals surface area contributed by atoms with Crippen molar-refractivity contribution in [3.63, 3.8) is 0 Å². The molecule has 8 nitrogen and oxygen atoms in total. The van der Waals surface area contributed by atoms with E-state index in [2.05, 4.69) is 21.4 Å². The fourth-order valence-electron chi connectivity index (χ4n) is 3.97. The lowest BCUT2D eigenvalue weighted by molar-refractivity contribution is -0.384. The molecule has 8 heteroatoms. The van der Waals surface area contributed by atoms with Crippen LogP contribution in [-0.4, -0.2) is 63.7 Å². The van der Waals surface area contributed by atoms with Crippen molar-refractivity contribution in [2.75, 3.05) is 37.6 Å². The first-order valence-corrected chi connectivity index (χ1v) is 10.7. The molecular weight excluding hydrogens is 394 g/mol. The number of aliphatic hydroxyl groups is 1. The predicted octanol–water partition coefficient (Wildman–Crippen LogP) is 3.04. The molecule has 0 aliphatic carbocycles. The van der Waals surface area contributed by atoms with E-state index in [4.69, 9.17) is 4.98 Å². The third-order valence-electron chi connectivity index (χ3n) is 5.68. The molecule has 31 heavy (non-hydrogen) atoms. The first-order valence-electron chi connectivity index (χ1n) is 10.7. The number of hydrogen-bond donors (Lipinski definition) is 1. The van der Waals surface area contributed by atoms with Crippen LogP contribution in [0.4, 0.5) is 11.5 Å². The first-order chi connectivity index (χ1) is 14.9. The second-order valence-corrected chi connectivity index (χ2v) is 8.07. The van der Waals surface area contributed by atoms with E-state index in [1.54, 1.807) is 12.1 Å². The van der Waals surface area contributed by atoms with E-state index in [1.165, 1.54) is 12.1 Å². The number of aryl methyl sites for hydroxylation is 2. The molecule has 1 aliphatic rings. The number of aromatic nitrogens is 2. The maximum atomic E-state index is 10.9. The Balaban J connectivity index is 1.71. The number of anilines is 1. The lowest BCUT2D eigenvalue weighted by atomic mass is 10.0. The minimum absolute atomic E-state index is 0.0900. The molecule has 0 spiro atoms. The monoisotopic (exact) mass is 425 g/mol. The summed E-state index contributed by atoms with van der Waals surface area (Å²) in [5, 5.41) is 21.1. The third kappa shape index (κ3) is 6.08. The normalized spacial score (nSPS) is 15.6. The van der Waals surface area contributed by atoms with Crippen LogP contribution in [0, 0.1) is 24.0 Å². The topological polar surface area (TPSA) is 95.6 Å². The highest BCUT2D eigenvalue weighted by Crippen LogP contribution is 2.26. The van der Waals surface area contributed by atoms with Gasteiger partial charge in [-0.15, -0.1) is 6.58 Å². The Morgan fingerprint density at radius 2 is 1.87 bits per heavy atom. The number of nitro groups is 1. The SMILES string of the molecule is C=CCC[C@H](O)CN1CCN(c2nc(C)nc(C)c2Cc2ccc([N+](=O)[O-])cc2)CC1. The van der Waals surface area contributed by atoms with Gasteiger partial charge in [-0.2, -0.15) is 0 Å². The largest absolute Gasteiger partial charge is 0.392 e. The predicted molar refractivity (Wildman–Crippen MR) is 121 cm³/mol. The van der Waals surface area contributed by atoms with Gasteiger partial charge in [-0.25, -0.2) is 9.97 Å². The second kappa shape index (κ2) is 10.5. The zero-order chi connectivity index (χ0) is 22.4. The Labute approximate surface area is 183 Å². The molecular formula is C23H31N5O3. The van der Waals surface area contributed by atoms with Crippen LogP contribution < -0.4 is 4.90 Å². The summed E-state index contributed by atoms with van der Waals surface area (Å²) in [5.41, 5.74) is 3.07. The number of nitro benzene ring substituents is 1. The van der Waals surface area contributed by atoms with Gasteiger partial charge in [0.1, 0.15) is 11.6 Å². The van der Waals surface area contributed by atoms with Gasteiger partial charge in [0.2, 0.25) is 0 Å². The van der Waals surface area contributed by atoms with Crippen molar-refractivity contribution in [1.82, 2.24) is 14.9 Å². The number of β-amino-alcohol motifs (C(OH)–C–C–N with tert-alkyl or cyclic N) is 1. The van der Waals surface area contributed by atoms with Crippen LogP contribution >= 0.6 is 0 Å². The molecule has 1 aromatic carbocycles. The van der Waals surface area contributed by atoms with Crippen LogP contribution in [-0.2, 0) is 6.42 Å². The molecule has 0 radical (unpaired) electrons. The Morgan fingerprint density at radius 3 is 2.48 bits per heavy atom. The van der Waals surface area contributed by atoms with Crippen LogP contribution in [0.25, 0.3) is 0 Å². The van der Waals surface area contributed by atoms with Crippen LogP contribution in [0.1, 0.15) is 35.5 Å². The van der Waals surface area contributed by atoms with E-state index in [0.29, 0.717) is 13.0 Å². The molecule has 2 heterocycles. The maximum Gasteiger partial charge on any atom is 0.269 e. The van der Waals surface area contributed by atoms with Gasteiger partial charge in [-0.05, 0) is 32.3 Å². The molecule has 1 saturated heterocycles. The quantitative estimate of drug-likeness (QED) is 0.375. The number of allylic oxidation sites excluding steroid dienone is 1. The summed E-state index contributed by atoms with van der Waals surface area (Å²) >= 11 is 0. The summed E-state index contributed by atoms with van der Waals surface area (Å²) in [6, 6.07) is 6.67. The van der Waals surface area contributed by atoms with Gasteiger partial charge in [0.25, 0.3) is 5.69 Å². The van der Waals surface area contributed by atoms with E-state index < -0.39 is 0 Å². The molecule has 1 N–H and O–H groups in total. The van der Waals surface area contributed by atoms with Crippen LogP contribution in [0.15, 0.2) is 36.9 Å². The highest BCUT2D eigenvalue weighted by atomic mass is 16.6. The van der Waals surface area contributed by atoms with E-state index in [1.807, 2.05) is 19.9 Å². The van der Waals surface area contributed by atoms with Gasteiger partial charge >= 0.3 is 0 Å². The Morgan fingerprint density at radius 1 is 1.19 bits per heavy atom. The lowest BCUT2D eigenvalue weighted by Gasteiger charge is -2.37. The van der Waals surface area contributed by atoms with Crippen LogP contribution in [0.3, 0.4) is 0 Å². The van der Waals surface area contributed by atoms with E-state index in [9.17, 15) is 15.2 Å². The smallest absolute Gasteiger partial charge is 0.269 e. The Hall–Kier alpha value is -2.84. The number of piperazine rings is 1. The van der Waals surface area contributed by atoms with E-state index >= 15 is 0 Å². The molecule has 1 fully saturated rings. The molecule has 0 unspecified atom stereocenters. The molecule has 2 aromatic rings. The van der Waals surface area contributed by atoms with Gasteiger partial charge in [-0.1, -0.05) is 18.2 Å². The molecule has 3 rings (SSSR count). The molecule has 1 aliphatic heterocycles. The minimum Gasteiger partial charge on any atom is -0.392 e. The molecule has 0 saturated carbocycles. The summed E-state index contributed by atoms with van der Waals surface area (Å²) in [5.74, 6) is 1.68. The molecule has 1 aromatic heterocycles. The average Bonchev–Trinajstić information content (AvgIpc) is 2.75. The summed E-state index contributed by atoms with van der Waals surface area (Å²) in [6.45, 7) is 11.7. The minimum atomic E-state index is -0.386. The molecule has 0 amide bonds. The Bertz CT molecular complexity index is 908. The van der Waals surface area contributed by atoms with Gasteiger partial charge in [-0.3, -0.25) is 15.0 Å². The highest BCUT2D eigenvalue weighted by Gasteiger charge is 2.23. The van der Waals surface area contributed by atoms with Crippen molar-refractivity contribution in [3.8, 4) is 0 Å². The first kappa shape index (κ1) is 22.8. The fraction of sp³-hybridized carbons (Fsp3) is 0.478. The molecule has 1 atom stereocenters. The second-order valence-electron chi connectivity index (χ2n) is 8.07.